The molecule has 23 heavy (non-hydrogen) atoms. The van der Waals surface area contributed by atoms with Gasteiger partial charge in [0.1, 0.15) is 5.60 Å². The summed E-state index contributed by atoms with van der Waals surface area (Å²) in [6, 6.07) is 2.10. The van der Waals surface area contributed by atoms with Crippen LogP contribution in [0.3, 0.4) is 0 Å². The highest BCUT2D eigenvalue weighted by molar-refractivity contribution is 5.86. The van der Waals surface area contributed by atoms with Crippen LogP contribution in [-0.4, -0.2) is 45.8 Å². The molecule has 3 N–H and O–H groups in total. The van der Waals surface area contributed by atoms with Gasteiger partial charge < -0.3 is 20.5 Å². The van der Waals surface area contributed by atoms with Crippen molar-refractivity contribution in [2.45, 2.75) is 26.4 Å². The van der Waals surface area contributed by atoms with Gasteiger partial charge in [-0.2, -0.15) is 0 Å². The van der Waals surface area contributed by atoms with Crippen molar-refractivity contribution in [1.29, 1.82) is 0 Å². The average molecular weight is 326 g/mol. The zero-order valence-electron chi connectivity index (χ0n) is 13.0. The third-order valence-electron chi connectivity index (χ3n) is 2.38. The van der Waals surface area contributed by atoms with Crippen LogP contribution in [0.5, 0.6) is 0 Å². The molecule has 1 rings (SSSR count). The van der Waals surface area contributed by atoms with Crippen LogP contribution in [0, 0.1) is 10.1 Å². The Hall–Kier alpha value is -2.91. The van der Waals surface area contributed by atoms with Gasteiger partial charge in [-0.25, -0.2) is 14.6 Å². The van der Waals surface area contributed by atoms with Crippen molar-refractivity contribution < 1.29 is 24.4 Å². The molecule has 1 aromatic rings. The van der Waals surface area contributed by atoms with E-state index in [1.54, 1.807) is 20.8 Å². The lowest BCUT2D eigenvalue weighted by Gasteiger charge is -2.19. The molecule has 0 radical (unpaired) electrons. The number of aromatic nitrogens is 1. The second-order valence-electron chi connectivity index (χ2n) is 5.48. The molecule has 0 bridgehead atoms. The van der Waals surface area contributed by atoms with Crippen LogP contribution in [0.25, 0.3) is 0 Å². The van der Waals surface area contributed by atoms with Crippen LogP contribution in [0.2, 0.25) is 0 Å². The Morgan fingerprint density at radius 3 is 2.52 bits per heavy atom. The first kappa shape index (κ1) is 18.1. The number of alkyl carbamates (subject to hydrolysis) is 1. The van der Waals surface area contributed by atoms with Crippen molar-refractivity contribution in [2.75, 3.05) is 18.4 Å². The van der Waals surface area contributed by atoms with Gasteiger partial charge in [0, 0.05) is 19.2 Å². The summed E-state index contributed by atoms with van der Waals surface area (Å²) in [6.07, 6.45) is -0.624. The Kier molecular flexibility index (Phi) is 5.82. The zero-order valence-corrected chi connectivity index (χ0v) is 13.0. The van der Waals surface area contributed by atoms with Crippen molar-refractivity contribution in [1.82, 2.24) is 10.3 Å². The van der Waals surface area contributed by atoms with Crippen LogP contribution in [0.4, 0.5) is 16.3 Å². The maximum atomic E-state index is 11.4. The molecule has 1 aromatic heterocycles. The minimum absolute atomic E-state index is 0.107. The number of nitrogens with one attached hydrogen (secondary N) is 2. The lowest BCUT2D eigenvalue weighted by atomic mass is 10.2. The number of rotatable bonds is 6. The Morgan fingerprint density at radius 1 is 1.35 bits per heavy atom. The van der Waals surface area contributed by atoms with Gasteiger partial charge in [-0.05, 0) is 26.8 Å². The molecule has 1 heterocycles. The summed E-state index contributed by atoms with van der Waals surface area (Å²) in [5.41, 5.74) is -1.31. The van der Waals surface area contributed by atoms with Crippen LogP contribution in [-0.2, 0) is 4.74 Å². The molecule has 0 spiro atoms. The van der Waals surface area contributed by atoms with E-state index in [1.807, 2.05) is 0 Å². The van der Waals surface area contributed by atoms with Gasteiger partial charge in [0.2, 0.25) is 5.82 Å². The van der Waals surface area contributed by atoms with Gasteiger partial charge in [0.15, 0.2) is 5.69 Å². The maximum Gasteiger partial charge on any atom is 0.407 e. The van der Waals surface area contributed by atoms with E-state index in [0.717, 1.165) is 12.1 Å². The van der Waals surface area contributed by atoms with E-state index in [2.05, 4.69) is 15.6 Å². The van der Waals surface area contributed by atoms with Crippen LogP contribution >= 0.6 is 0 Å². The smallest absolute Gasteiger partial charge is 0.407 e. The number of carboxylic acids is 1. The standard InChI is InChI=1S/C13H18N4O6/c1-13(2,3)23-12(20)15-7-6-14-10-9(17(21)22)5-4-8(16-10)11(18)19/h4-5H,6-7H2,1-3H3,(H,14,16)(H,15,20)(H,18,19). The first-order valence-electron chi connectivity index (χ1n) is 6.69. The number of nitro groups is 1. The number of amides is 1. The Bertz CT molecular complexity index is 611. The van der Waals surface area contributed by atoms with Gasteiger partial charge in [0.05, 0.1) is 4.92 Å². The quantitative estimate of drug-likeness (QED) is 0.406. The van der Waals surface area contributed by atoms with E-state index in [-0.39, 0.29) is 30.3 Å². The molecule has 0 aliphatic carbocycles. The predicted octanol–water partition coefficient (Wildman–Crippen LogP) is 1.62. The minimum Gasteiger partial charge on any atom is -0.477 e. The highest BCUT2D eigenvalue weighted by atomic mass is 16.6. The first-order chi connectivity index (χ1) is 10.6. The van der Waals surface area contributed by atoms with Crippen molar-refractivity contribution in [3.05, 3.63) is 27.9 Å². The number of carboxylic acid groups (broad SMARTS) is 1. The molecule has 0 aliphatic rings. The molecule has 0 unspecified atom stereocenters. The first-order valence-corrected chi connectivity index (χ1v) is 6.69. The number of carbonyl (C=O) groups is 2. The summed E-state index contributed by atoms with van der Waals surface area (Å²) in [4.78, 5) is 36.2. The highest BCUT2D eigenvalue weighted by Crippen LogP contribution is 2.21. The van der Waals surface area contributed by atoms with Crippen LogP contribution < -0.4 is 10.6 Å². The van der Waals surface area contributed by atoms with Crippen LogP contribution in [0.15, 0.2) is 12.1 Å². The Labute approximate surface area is 132 Å². The number of nitrogens with zero attached hydrogens (tertiary/aromatic N) is 2. The van der Waals surface area contributed by atoms with E-state index in [1.165, 1.54) is 0 Å². The van der Waals surface area contributed by atoms with Gasteiger partial charge in [-0.3, -0.25) is 10.1 Å². The zero-order chi connectivity index (χ0) is 17.6. The molecule has 0 aliphatic heterocycles. The monoisotopic (exact) mass is 326 g/mol. The molecule has 1 amide bonds. The topological polar surface area (TPSA) is 144 Å². The Balaban J connectivity index is 2.63. The minimum atomic E-state index is -1.30. The molecule has 10 heteroatoms. The molecule has 0 saturated heterocycles. The van der Waals surface area contributed by atoms with E-state index < -0.39 is 22.6 Å². The normalized spacial score (nSPS) is 10.7. The van der Waals surface area contributed by atoms with E-state index >= 15 is 0 Å². The average Bonchev–Trinajstić information content (AvgIpc) is 2.41. The third kappa shape index (κ3) is 6.16. The predicted molar refractivity (Wildman–Crippen MR) is 80.6 cm³/mol. The molecule has 10 nitrogen and oxygen atoms in total. The number of hydrogen-bond donors (Lipinski definition) is 3. The van der Waals surface area contributed by atoms with Crippen molar-refractivity contribution in [3.63, 3.8) is 0 Å². The fourth-order valence-electron chi connectivity index (χ4n) is 1.51. The molecule has 0 fully saturated rings. The lowest BCUT2D eigenvalue weighted by Crippen LogP contribution is -2.35. The molecule has 0 atom stereocenters. The second kappa shape index (κ2) is 7.38. The summed E-state index contributed by atoms with van der Waals surface area (Å²) < 4.78 is 5.02. The number of carbonyl (C=O) groups excluding carboxylic acids is 1. The molecule has 126 valence electrons. The Morgan fingerprint density at radius 2 is 2.00 bits per heavy atom. The summed E-state index contributed by atoms with van der Waals surface area (Å²) >= 11 is 0. The number of hydrogen-bond acceptors (Lipinski definition) is 7. The maximum absolute atomic E-state index is 11.4. The van der Waals surface area contributed by atoms with E-state index in [0.29, 0.717) is 0 Å². The summed E-state index contributed by atoms with van der Waals surface area (Å²) in [6.45, 7) is 5.38. The molecule has 0 saturated carbocycles. The van der Waals surface area contributed by atoms with Gasteiger partial charge >= 0.3 is 17.7 Å². The summed E-state index contributed by atoms with van der Waals surface area (Å²) in [5, 5.41) is 24.8. The van der Waals surface area contributed by atoms with E-state index in [4.69, 9.17) is 9.84 Å². The van der Waals surface area contributed by atoms with Crippen molar-refractivity contribution >= 4 is 23.6 Å². The van der Waals surface area contributed by atoms with Crippen molar-refractivity contribution in [2.24, 2.45) is 0 Å². The largest absolute Gasteiger partial charge is 0.477 e. The lowest BCUT2D eigenvalue weighted by molar-refractivity contribution is -0.384. The van der Waals surface area contributed by atoms with Gasteiger partial charge in [0.25, 0.3) is 0 Å². The molecule has 0 aromatic carbocycles. The van der Waals surface area contributed by atoms with E-state index in [9.17, 15) is 19.7 Å². The van der Waals surface area contributed by atoms with Gasteiger partial charge in [-0.1, -0.05) is 0 Å². The number of aromatic carboxylic acids is 1. The summed E-state index contributed by atoms with van der Waals surface area (Å²) in [7, 11) is 0. The highest BCUT2D eigenvalue weighted by Gasteiger charge is 2.19. The fourth-order valence-corrected chi connectivity index (χ4v) is 1.51. The summed E-state index contributed by atoms with van der Waals surface area (Å²) in [5.74, 6) is -1.48. The van der Waals surface area contributed by atoms with Crippen LogP contribution in [0.1, 0.15) is 31.3 Å². The number of pyridine rings is 1. The fraction of sp³-hybridized carbons (Fsp3) is 0.462. The SMILES string of the molecule is CC(C)(C)OC(=O)NCCNc1nc(C(=O)O)ccc1[N+](=O)[O-]. The second-order valence-corrected chi connectivity index (χ2v) is 5.48. The van der Waals surface area contributed by atoms with Crippen molar-refractivity contribution in [3.8, 4) is 0 Å². The third-order valence-corrected chi connectivity index (χ3v) is 2.38. The number of anilines is 1. The molecular formula is C13H18N4O6. The molecular weight excluding hydrogens is 308 g/mol. The number of ether oxygens (including phenoxy) is 1. The van der Waals surface area contributed by atoms with Gasteiger partial charge in [-0.15, -0.1) is 0 Å².